The van der Waals surface area contributed by atoms with Crippen LogP contribution < -0.4 is 5.32 Å². The van der Waals surface area contributed by atoms with Gasteiger partial charge in [0.05, 0.1) is 18.9 Å². The Kier molecular flexibility index (Phi) is 6.73. The monoisotopic (exact) mass is 277 g/mol. The first-order chi connectivity index (χ1) is 7.84. The van der Waals surface area contributed by atoms with E-state index in [2.05, 4.69) is 15.5 Å². The summed E-state index contributed by atoms with van der Waals surface area (Å²) in [5.74, 6) is 0. The fourth-order valence-corrected chi connectivity index (χ4v) is 1.89. The Morgan fingerprint density at radius 2 is 2.24 bits per heavy atom. The minimum atomic E-state index is 0. The van der Waals surface area contributed by atoms with E-state index in [1.165, 1.54) is 19.3 Å². The first-order valence-electron chi connectivity index (χ1n) is 5.64. The fraction of sp³-hybridized carbons (Fsp3) is 0.636. The van der Waals surface area contributed by atoms with E-state index in [1.54, 1.807) is 6.07 Å². The first kappa shape index (κ1) is 14.6. The maximum Gasteiger partial charge on any atom is 0.151 e. The maximum absolute atomic E-state index is 5.64. The summed E-state index contributed by atoms with van der Waals surface area (Å²) in [6, 6.07) is 4.06. The van der Waals surface area contributed by atoms with Crippen LogP contribution in [0.4, 0.5) is 0 Å². The number of ether oxygens (including phenoxy) is 1. The number of nitrogens with one attached hydrogen (secondary N) is 1. The standard InChI is InChI=1S/C11H16ClN3O.ClH/c12-11-5-4-10(14-15-11)8-16-7-9-3-1-2-6-13-9;/h4-5,9,13H,1-3,6-8H2;1H. The highest BCUT2D eigenvalue weighted by atomic mass is 35.5. The SMILES string of the molecule is Cl.Clc1ccc(COCC2CCCCN2)nn1. The molecular formula is C11H17Cl2N3O. The lowest BCUT2D eigenvalue weighted by atomic mass is 10.1. The molecule has 2 rings (SSSR count). The van der Waals surface area contributed by atoms with Crippen LogP contribution in [0.5, 0.6) is 0 Å². The van der Waals surface area contributed by atoms with Gasteiger partial charge in [0, 0.05) is 6.04 Å². The minimum absolute atomic E-state index is 0. The van der Waals surface area contributed by atoms with Crippen LogP contribution in [0.3, 0.4) is 0 Å². The highest BCUT2D eigenvalue weighted by Crippen LogP contribution is 2.08. The summed E-state index contributed by atoms with van der Waals surface area (Å²) in [7, 11) is 0. The summed E-state index contributed by atoms with van der Waals surface area (Å²) in [6.07, 6.45) is 3.77. The topological polar surface area (TPSA) is 47.0 Å². The van der Waals surface area contributed by atoms with E-state index in [0.717, 1.165) is 18.8 Å². The molecule has 96 valence electrons. The van der Waals surface area contributed by atoms with Crippen molar-refractivity contribution in [2.75, 3.05) is 13.2 Å². The van der Waals surface area contributed by atoms with Gasteiger partial charge in [0.1, 0.15) is 0 Å². The second kappa shape index (κ2) is 7.82. The molecule has 1 aromatic heterocycles. The summed E-state index contributed by atoms with van der Waals surface area (Å²) in [5.41, 5.74) is 0.820. The van der Waals surface area contributed by atoms with Gasteiger partial charge in [-0.3, -0.25) is 0 Å². The highest BCUT2D eigenvalue weighted by molar-refractivity contribution is 6.29. The van der Waals surface area contributed by atoms with E-state index in [9.17, 15) is 0 Å². The number of piperidine rings is 1. The molecule has 1 atom stereocenters. The van der Waals surface area contributed by atoms with E-state index in [0.29, 0.717) is 17.8 Å². The number of nitrogens with zero attached hydrogens (tertiary/aromatic N) is 2. The van der Waals surface area contributed by atoms with Crippen LogP contribution in [0.25, 0.3) is 0 Å². The third kappa shape index (κ3) is 5.17. The second-order valence-corrected chi connectivity index (χ2v) is 4.40. The predicted molar refractivity (Wildman–Crippen MR) is 69.6 cm³/mol. The summed E-state index contributed by atoms with van der Waals surface area (Å²) in [5, 5.41) is 11.5. The summed E-state index contributed by atoms with van der Waals surface area (Å²) in [4.78, 5) is 0. The van der Waals surface area contributed by atoms with Crippen molar-refractivity contribution >= 4 is 24.0 Å². The van der Waals surface area contributed by atoms with Crippen LogP contribution in [-0.2, 0) is 11.3 Å². The van der Waals surface area contributed by atoms with Gasteiger partial charge in [-0.1, -0.05) is 18.0 Å². The highest BCUT2D eigenvalue weighted by Gasteiger charge is 2.12. The van der Waals surface area contributed by atoms with Gasteiger partial charge < -0.3 is 10.1 Å². The van der Waals surface area contributed by atoms with Crippen molar-refractivity contribution < 1.29 is 4.74 Å². The van der Waals surface area contributed by atoms with Crippen molar-refractivity contribution in [3.8, 4) is 0 Å². The second-order valence-electron chi connectivity index (χ2n) is 4.01. The average molecular weight is 278 g/mol. The van der Waals surface area contributed by atoms with Gasteiger partial charge in [0.25, 0.3) is 0 Å². The molecule has 1 unspecified atom stereocenters. The van der Waals surface area contributed by atoms with Crippen molar-refractivity contribution in [3.63, 3.8) is 0 Å². The molecule has 1 fully saturated rings. The van der Waals surface area contributed by atoms with Crippen LogP contribution in [-0.4, -0.2) is 29.4 Å². The smallest absolute Gasteiger partial charge is 0.151 e. The van der Waals surface area contributed by atoms with E-state index < -0.39 is 0 Å². The molecule has 1 saturated heterocycles. The Morgan fingerprint density at radius 3 is 2.88 bits per heavy atom. The summed E-state index contributed by atoms with van der Waals surface area (Å²) < 4.78 is 5.59. The number of hydrogen-bond acceptors (Lipinski definition) is 4. The van der Waals surface area contributed by atoms with Crippen LogP contribution in [0.2, 0.25) is 5.15 Å². The Labute approximate surface area is 113 Å². The molecule has 17 heavy (non-hydrogen) atoms. The molecule has 0 bridgehead atoms. The largest absolute Gasteiger partial charge is 0.373 e. The molecule has 2 heterocycles. The first-order valence-corrected chi connectivity index (χ1v) is 6.01. The molecule has 0 radical (unpaired) electrons. The molecule has 0 aliphatic carbocycles. The molecule has 1 aromatic rings. The van der Waals surface area contributed by atoms with E-state index >= 15 is 0 Å². The fourth-order valence-electron chi connectivity index (χ4n) is 1.79. The van der Waals surface area contributed by atoms with Gasteiger partial charge >= 0.3 is 0 Å². The van der Waals surface area contributed by atoms with Gasteiger partial charge in [-0.25, -0.2) is 0 Å². The zero-order valence-corrected chi connectivity index (χ0v) is 11.1. The maximum atomic E-state index is 5.64. The molecule has 1 N–H and O–H groups in total. The number of rotatable bonds is 4. The Bertz CT molecular complexity index is 315. The lowest BCUT2D eigenvalue weighted by Crippen LogP contribution is -2.37. The molecule has 1 aliphatic heterocycles. The zero-order valence-electron chi connectivity index (χ0n) is 9.56. The molecule has 0 amide bonds. The van der Waals surface area contributed by atoms with Gasteiger partial charge in [0.15, 0.2) is 5.15 Å². The van der Waals surface area contributed by atoms with Crippen molar-refractivity contribution in [1.82, 2.24) is 15.5 Å². The Hall–Kier alpha value is -0.420. The lowest BCUT2D eigenvalue weighted by molar-refractivity contribution is 0.0886. The van der Waals surface area contributed by atoms with Crippen molar-refractivity contribution in [1.29, 1.82) is 0 Å². The van der Waals surface area contributed by atoms with Gasteiger partial charge in [-0.2, -0.15) is 5.10 Å². The van der Waals surface area contributed by atoms with Crippen LogP contribution in [0, 0.1) is 0 Å². The van der Waals surface area contributed by atoms with Crippen LogP contribution >= 0.6 is 24.0 Å². The van der Waals surface area contributed by atoms with Gasteiger partial charge in [-0.05, 0) is 31.5 Å². The van der Waals surface area contributed by atoms with Crippen molar-refractivity contribution in [2.45, 2.75) is 31.9 Å². The predicted octanol–water partition coefficient (Wildman–Crippen LogP) is 2.21. The summed E-state index contributed by atoms with van der Waals surface area (Å²) >= 11 is 5.64. The quantitative estimate of drug-likeness (QED) is 0.917. The van der Waals surface area contributed by atoms with Crippen LogP contribution in [0.1, 0.15) is 25.0 Å². The molecular weight excluding hydrogens is 261 g/mol. The van der Waals surface area contributed by atoms with E-state index in [-0.39, 0.29) is 12.4 Å². The number of hydrogen-bond donors (Lipinski definition) is 1. The Balaban J connectivity index is 0.00000144. The molecule has 0 saturated carbocycles. The molecule has 4 nitrogen and oxygen atoms in total. The van der Waals surface area contributed by atoms with Gasteiger partial charge in [0.2, 0.25) is 0 Å². The molecule has 6 heteroatoms. The van der Waals surface area contributed by atoms with Crippen molar-refractivity contribution in [3.05, 3.63) is 23.0 Å². The molecule has 0 aromatic carbocycles. The van der Waals surface area contributed by atoms with Crippen LogP contribution in [0.15, 0.2) is 12.1 Å². The number of halogens is 2. The third-order valence-electron chi connectivity index (χ3n) is 2.67. The summed E-state index contributed by atoms with van der Waals surface area (Å²) in [6.45, 7) is 2.35. The van der Waals surface area contributed by atoms with Crippen molar-refractivity contribution in [2.24, 2.45) is 0 Å². The zero-order chi connectivity index (χ0) is 11.2. The van der Waals surface area contributed by atoms with Gasteiger partial charge in [-0.15, -0.1) is 17.5 Å². The normalized spacial score (nSPS) is 19.7. The number of aromatic nitrogens is 2. The average Bonchev–Trinajstić information content (AvgIpc) is 2.33. The van der Waals surface area contributed by atoms with E-state index in [1.807, 2.05) is 6.07 Å². The minimum Gasteiger partial charge on any atom is -0.373 e. The molecule has 1 aliphatic rings. The third-order valence-corrected chi connectivity index (χ3v) is 2.87. The lowest BCUT2D eigenvalue weighted by Gasteiger charge is -2.22. The molecule has 0 spiro atoms. The van der Waals surface area contributed by atoms with E-state index in [4.69, 9.17) is 16.3 Å². The Morgan fingerprint density at radius 1 is 1.35 bits per heavy atom.